The van der Waals surface area contributed by atoms with Gasteiger partial charge in [-0.2, -0.15) is 0 Å². The SMILES string of the molecule is CC/C=C\C/C=C\C/C=C\CCCCCCCCC(=O)OC(COC(=O)CCCCCC/C=C\CCCC)COC(=O)CCCCCCCCCCCC/C=C\C=C/CCCCC. The molecule has 0 fully saturated rings. The summed E-state index contributed by atoms with van der Waals surface area (Å²) in [6, 6.07) is 0. The van der Waals surface area contributed by atoms with Crippen LogP contribution >= 0.6 is 0 Å². The van der Waals surface area contributed by atoms with Crippen molar-refractivity contribution in [3.63, 3.8) is 0 Å². The summed E-state index contributed by atoms with van der Waals surface area (Å²) in [7, 11) is 0. The quantitative estimate of drug-likeness (QED) is 0.0199. The summed E-state index contributed by atoms with van der Waals surface area (Å²) in [5.41, 5.74) is 0. The third-order valence-electron chi connectivity index (χ3n) is 11.2. The second-order valence-electron chi connectivity index (χ2n) is 17.4. The molecule has 0 radical (unpaired) electrons. The van der Waals surface area contributed by atoms with Gasteiger partial charge in [-0.1, -0.05) is 209 Å². The van der Waals surface area contributed by atoms with E-state index >= 15 is 0 Å². The Hall–Kier alpha value is -3.15. The van der Waals surface area contributed by atoms with Gasteiger partial charge in [-0.3, -0.25) is 14.4 Å². The Morgan fingerprint density at radius 2 is 0.683 bits per heavy atom. The normalized spacial score (nSPS) is 12.6. The van der Waals surface area contributed by atoms with Gasteiger partial charge >= 0.3 is 17.9 Å². The standard InChI is InChI=1S/C57H98O6/c1-4-7-10-13-16-19-22-24-26-28-29-30-32-33-35-38-41-44-47-50-56(59)62-53-54(52-61-55(58)49-46-43-40-37-21-18-15-12-9-6-3)63-57(60)51-48-45-42-39-36-34-31-27-25-23-20-17-14-11-8-5-2/h8,11,15-20,22,24-25,27,54H,4-7,9-10,12-14,21,23,26,28-53H2,1-3H3/b11-8-,18-15-,19-16-,20-17-,24-22-,27-25-. The first-order valence-corrected chi connectivity index (χ1v) is 26.5. The molecule has 0 aromatic rings. The van der Waals surface area contributed by atoms with Crippen LogP contribution in [0.5, 0.6) is 0 Å². The molecule has 0 aliphatic carbocycles. The van der Waals surface area contributed by atoms with E-state index in [2.05, 4.69) is 93.7 Å². The van der Waals surface area contributed by atoms with Gasteiger partial charge in [0.25, 0.3) is 0 Å². The summed E-state index contributed by atoms with van der Waals surface area (Å²) in [4.78, 5) is 38.0. The van der Waals surface area contributed by atoms with Crippen molar-refractivity contribution in [3.8, 4) is 0 Å². The van der Waals surface area contributed by atoms with Crippen molar-refractivity contribution in [3.05, 3.63) is 72.9 Å². The van der Waals surface area contributed by atoms with Gasteiger partial charge in [-0.05, 0) is 96.3 Å². The molecule has 6 nitrogen and oxygen atoms in total. The highest BCUT2D eigenvalue weighted by molar-refractivity contribution is 5.71. The molecule has 0 saturated carbocycles. The number of carbonyl (C=O) groups is 3. The molecule has 0 aliphatic heterocycles. The molecule has 0 aliphatic rings. The van der Waals surface area contributed by atoms with E-state index < -0.39 is 6.10 Å². The van der Waals surface area contributed by atoms with Crippen LogP contribution in [0.15, 0.2) is 72.9 Å². The maximum Gasteiger partial charge on any atom is 0.306 e. The summed E-state index contributed by atoms with van der Waals surface area (Å²) >= 11 is 0. The van der Waals surface area contributed by atoms with Gasteiger partial charge in [0, 0.05) is 19.3 Å². The lowest BCUT2D eigenvalue weighted by Gasteiger charge is -2.18. The smallest absolute Gasteiger partial charge is 0.306 e. The van der Waals surface area contributed by atoms with Crippen LogP contribution in [0.2, 0.25) is 0 Å². The minimum atomic E-state index is -0.787. The molecular weight excluding hydrogens is 781 g/mol. The largest absolute Gasteiger partial charge is 0.462 e. The molecule has 0 heterocycles. The van der Waals surface area contributed by atoms with Gasteiger partial charge < -0.3 is 14.2 Å². The Balaban J connectivity index is 4.35. The van der Waals surface area contributed by atoms with Gasteiger partial charge in [0.05, 0.1) is 0 Å². The lowest BCUT2D eigenvalue weighted by molar-refractivity contribution is -0.167. The van der Waals surface area contributed by atoms with Crippen molar-refractivity contribution >= 4 is 17.9 Å². The summed E-state index contributed by atoms with van der Waals surface area (Å²) in [6.45, 7) is 6.44. The zero-order chi connectivity index (χ0) is 45.8. The van der Waals surface area contributed by atoms with Gasteiger partial charge in [-0.15, -0.1) is 0 Å². The fourth-order valence-corrected chi connectivity index (χ4v) is 7.19. The molecule has 0 bridgehead atoms. The number of esters is 3. The minimum Gasteiger partial charge on any atom is -0.462 e. The van der Waals surface area contributed by atoms with Gasteiger partial charge in [-0.25, -0.2) is 0 Å². The zero-order valence-electron chi connectivity index (χ0n) is 41.3. The summed E-state index contributed by atoms with van der Waals surface area (Å²) in [5.74, 6) is -0.915. The predicted molar refractivity (Wildman–Crippen MR) is 270 cm³/mol. The zero-order valence-corrected chi connectivity index (χ0v) is 41.3. The van der Waals surface area contributed by atoms with Crippen LogP contribution in [0.25, 0.3) is 0 Å². The molecule has 1 atom stereocenters. The van der Waals surface area contributed by atoms with E-state index in [9.17, 15) is 14.4 Å². The average molecular weight is 879 g/mol. The summed E-state index contributed by atoms with van der Waals surface area (Å²) < 4.78 is 16.8. The third-order valence-corrected chi connectivity index (χ3v) is 11.2. The maximum atomic E-state index is 12.8. The Morgan fingerprint density at radius 3 is 1.13 bits per heavy atom. The second kappa shape index (κ2) is 51.5. The summed E-state index contributed by atoms with van der Waals surface area (Å²) in [6.07, 6.45) is 64.6. The molecule has 0 spiro atoms. The highest BCUT2D eigenvalue weighted by Gasteiger charge is 2.19. The molecule has 1 unspecified atom stereocenters. The Kier molecular flexibility index (Phi) is 48.9. The first kappa shape index (κ1) is 59.9. The number of hydrogen-bond donors (Lipinski definition) is 0. The van der Waals surface area contributed by atoms with Crippen LogP contribution in [0, 0.1) is 0 Å². The predicted octanol–water partition coefficient (Wildman–Crippen LogP) is 17.4. The lowest BCUT2D eigenvalue weighted by Crippen LogP contribution is -2.30. The van der Waals surface area contributed by atoms with Crippen LogP contribution in [0.4, 0.5) is 0 Å². The fourth-order valence-electron chi connectivity index (χ4n) is 7.19. The number of carbonyl (C=O) groups excluding carboxylic acids is 3. The Morgan fingerprint density at radius 1 is 0.349 bits per heavy atom. The lowest BCUT2D eigenvalue weighted by atomic mass is 10.1. The fraction of sp³-hybridized carbons (Fsp3) is 0.737. The Labute approximate surface area is 389 Å². The molecule has 6 heteroatoms. The topological polar surface area (TPSA) is 78.9 Å². The van der Waals surface area contributed by atoms with Crippen molar-refractivity contribution in [1.82, 2.24) is 0 Å². The monoisotopic (exact) mass is 879 g/mol. The molecule has 0 amide bonds. The summed E-state index contributed by atoms with van der Waals surface area (Å²) in [5, 5.41) is 0. The molecule has 0 aromatic heterocycles. The molecule has 0 rings (SSSR count). The number of unbranched alkanes of at least 4 members (excludes halogenated alkanes) is 25. The van der Waals surface area contributed by atoms with Crippen molar-refractivity contribution < 1.29 is 28.6 Å². The van der Waals surface area contributed by atoms with Gasteiger partial charge in [0.2, 0.25) is 0 Å². The van der Waals surface area contributed by atoms with Crippen LogP contribution in [-0.4, -0.2) is 37.2 Å². The third kappa shape index (κ3) is 49.7. The second-order valence-corrected chi connectivity index (χ2v) is 17.4. The van der Waals surface area contributed by atoms with Gasteiger partial charge in [0.1, 0.15) is 13.2 Å². The average Bonchev–Trinajstić information content (AvgIpc) is 3.28. The molecule has 362 valence electrons. The van der Waals surface area contributed by atoms with Crippen molar-refractivity contribution in [2.45, 2.75) is 258 Å². The first-order chi connectivity index (χ1) is 31.0. The number of rotatable bonds is 47. The molecule has 0 saturated heterocycles. The van der Waals surface area contributed by atoms with Crippen molar-refractivity contribution in [2.75, 3.05) is 13.2 Å². The minimum absolute atomic E-state index is 0.0862. The highest BCUT2D eigenvalue weighted by Crippen LogP contribution is 2.15. The van der Waals surface area contributed by atoms with Crippen molar-refractivity contribution in [1.29, 1.82) is 0 Å². The van der Waals surface area contributed by atoms with Crippen molar-refractivity contribution in [2.24, 2.45) is 0 Å². The highest BCUT2D eigenvalue weighted by atomic mass is 16.6. The van der Waals surface area contributed by atoms with E-state index in [0.717, 1.165) is 109 Å². The van der Waals surface area contributed by atoms with E-state index in [-0.39, 0.29) is 31.1 Å². The van der Waals surface area contributed by atoms with E-state index in [1.54, 1.807) is 0 Å². The van der Waals surface area contributed by atoms with E-state index in [4.69, 9.17) is 14.2 Å². The number of ether oxygens (including phenoxy) is 3. The van der Waals surface area contributed by atoms with E-state index in [1.807, 2.05) is 0 Å². The van der Waals surface area contributed by atoms with Crippen LogP contribution < -0.4 is 0 Å². The van der Waals surface area contributed by atoms with Crippen LogP contribution in [0.1, 0.15) is 252 Å². The van der Waals surface area contributed by atoms with E-state index in [0.29, 0.717) is 19.3 Å². The maximum absolute atomic E-state index is 12.8. The van der Waals surface area contributed by atoms with Gasteiger partial charge in [0.15, 0.2) is 6.10 Å². The van der Waals surface area contributed by atoms with E-state index in [1.165, 1.54) is 103 Å². The number of allylic oxidation sites excluding steroid dienone is 12. The van der Waals surface area contributed by atoms with Crippen LogP contribution in [-0.2, 0) is 28.6 Å². The molecule has 0 N–H and O–H groups in total. The molecule has 63 heavy (non-hydrogen) atoms. The Bertz CT molecular complexity index is 1190. The first-order valence-electron chi connectivity index (χ1n) is 26.5. The molecular formula is C57H98O6. The van der Waals surface area contributed by atoms with Crippen LogP contribution in [0.3, 0.4) is 0 Å². The molecule has 0 aromatic carbocycles. The number of hydrogen-bond acceptors (Lipinski definition) is 6.